The fourth-order valence-electron chi connectivity index (χ4n) is 1.68. The van der Waals surface area contributed by atoms with Gasteiger partial charge in [-0.2, -0.15) is 0 Å². The maximum Gasteiger partial charge on any atom is 0.335 e. The second-order valence-corrected chi connectivity index (χ2v) is 4.21. The highest BCUT2D eigenvalue weighted by atomic mass is 19.1. The van der Waals surface area contributed by atoms with Crippen molar-refractivity contribution in [1.29, 1.82) is 0 Å². The Bertz CT molecular complexity index is 698. The molecule has 2 rings (SSSR count). The van der Waals surface area contributed by atoms with E-state index >= 15 is 0 Å². The van der Waals surface area contributed by atoms with Gasteiger partial charge in [0.05, 0.1) is 5.56 Å². The van der Waals surface area contributed by atoms with Gasteiger partial charge in [0.25, 0.3) is 0 Å². The average Bonchev–Trinajstić information content (AvgIpc) is 2.47. The number of aldehydes is 1. The standard InChI is InChI=1S/C15H10F2O4/c16-12-3-2-10(15(19)20)6-11(12)8-21-14-4-1-9(7-18)5-13(14)17/h1-7H,8H2,(H,19,20). The first-order chi connectivity index (χ1) is 10.0. The van der Waals surface area contributed by atoms with Gasteiger partial charge in [0.2, 0.25) is 0 Å². The molecule has 0 amide bonds. The molecule has 0 saturated heterocycles. The van der Waals surface area contributed by atoms with Gasteiger partial charge in [-0.3, -0.25) is 4.79 Å². The summed E-state index contributed by atoms with van der Waals surface area (Å²) in [7, 11) is 0. The van der Waals surface area contributed by atoms with E-state index in [9.17, 15) is 18.4 Å². The first-order valence-electron chi connectivity index (χ1n) is 5.90. The van der Waals surface area contributed by atoms with Crippen LogP contribution in [0.5, 0.6) is 5.75 Å². The molecule has 0 aliphatic carbocycles. The largest absolute Gasteiger partial charge is 0.486 e. The molecule has 1 N–H and O–H groups in total. The normalized spacial score (nSPS) is 10.2. The SMILES string of the molecule is O=Cc1ccc(OCc2cc(C(=O)O)ccc2F)c(F)c1. The lowest BCUT2D eigenvalue weighted by atomic mass is 10.1. The Kier molecular flexibility index (Phi) is 4.27. The summed E-state index contributed by atoms with van der Waals surface area (Å²) in [6, 6.07) is 6.85. The lowest BCUT2D eigenvalue weighted by molar-refractivity contribution is 0.0696. The number of carboxylic acids is 1. The van der Waals surface area contributed by atoms with Crippen LogP contribution in [0, 0.1) is 11.6 Å². The molecule has 6 heteroatoms. The van der Waals surface area contributed by atoms with Crippen molar-refractivity contribution < 1.29 is 28.2 Å². The van der Waals surface area contributed by atoms with E-state index in [2.05, 4.69) is 0 Å². The van der Waals surface area contributed by atoms with Crippen molar-refractivity contribution in [1.82, 2.24) is 0 Å². The Morgan fingerprint density at radius 3 is 2.52 bits per heavy atom. The molecule has 0 aromatic heterocycles. The maximum atomic E-state index is 13.6. The Hall–Kier alpha value is -2.76. The number of hydrogen-bond donors (Lipinski definition) is 1. The van der Waals surface area contributed by atoms with Crippen molar-refractivity contribution in [3.05, 3.63) is 64.7 Å². The molecule has 2 aromatic rings. The lowest BCUT2D eigenvalue weighted by Gasteiger charge is -2.09. The Labute approximate surface area is 118 Å². The Balaban J connectivity index is 2.18. The number of carbonyl (C=O) groups excluding carboxylic acids is 1. The number of ether oxygens (including phenoxy) is 1. The molecule has 108 valence electrons. The second-order valence-electron chi connectivity index (χ2n) is 4.21. The number of rotatable bonds is 5. The van der Waals surface area contributed by atoms with Crippen LogP contribution in [0.25, 0.3) is 0 Å². The van der Waals surface area contributed by atoms with Crippen molar-refractivity contribution in [2.24, 2.45) is 0 Å². The van der Waals surface area contributed by atoms with Crippen LogP contribution in [0.15, 0.2) is 36.4 Å². The van der Waals surface area contributed by atoms with Crippen LogP contribution in [-0.4, -0.2) is 17.4 Å². The number of carbonyl (C=O) groups is 2. The Morgan fingerprint density at radius 1 is 1.14 bits per heavy atom. The van der Waals surface area contributed by atoms with E-state index in [-0.39, 0.29) is 29.0 Å². The van der Waals surface area contributed by atoms with Gasteiger partial charge in [-0.05, 0) is 36.4 Å². The first-order valence-corrected chi connectivity index (χ1v) is 5.90. The summed E-state index contributed by atoms with van der Waals surface area (Å²) in [5.74, 6) is -2.75. The lowest BCUT2D eigenvalue weighted by Crippen LogP contribution is -2.04. The zero-order chi connectivity index (χ0) is 15.4. The summed E-state index contributed by atoms with van der Waals surface area (Å²) in [6.45, 7) is -0.329. The molecule has 21 heavy (non-hydrogen) atoms. The highest BCUT2D eigenvalue weighted by Crippen LogP contribution is 2.20. The number of hydrogen-bond acceptors (Lipinski definition) is 3. The zero-order valence-corrected chi connectivity index (χ0v) is 10.7. The molecule has 0 aliphatic rings. The third-order valence-corrected chi connectivity index (χ3v) is 2.77. The molecule has 0 heterocycles. The molecule has 0 fully saturated rings. The molecule has 4 nitrogen and oxygen atoms in total. The van der Waals surface area contributed by atoms with Crippen molar-refractivity contribution in [3.63, 3.8) is 0 Å². The van der Waals surface area contributed by atoms with Crippen molar-refractivity contribution in [3.8, 4) is 5.75 Å². The molecule has 0 spiro atoms. The Morgan fingerprint density at radius 2 is 1.90 bits per heavy atom. The van der Waals surface area contributed by atoms with E-state index in [1.165, 1.54) is 12.1 Å². The summed E-state index contributed by atoms with van der Waals surface area (Å²) in [5.41, 5.74) is 0.0550. The minimum Gasteiger partial charge on any atom is -0.486 e. The van der Waals surface area contributed by atoms with E-state index in [1.807, 2.05) is 0 Å². The minimum absolute atomic E-state index is 0.00577. The minimum atomic E-state index is -1.20. The van der Waals surface area contributed by atoms with Gasteiger partial charge in [-0.15, -0.1) is 0 Å². The molecule has 0 atom stereocenters. The summed E-state index contributed by atoms with van der Waals surface area (Å²) in [6.07, 6.45) is 0.489. The van der Waals surface area contributed by atoms with Gasteiger partial charge >= 0.3 is 5.97 Å². The predicted molar refractivity (Wildman–Crippen MR) is 69.5 cm³/mol. The molecule has 0 unspecified atom stereocenters. The summed E-state index contributed by atoms with van der Waals surface area (Å²) in [4.78, 5) is 21.3. The summed E-state index contributed by atoms with van der Waals surface area (Å²) < 4.78 is 32.2. The molecule has 2 aromatic carbocycles. The third-order valence-electron chi connectivity index (χ3n) is 2.77. The van der Waals surface area contributed by atoms with E-state index in [0.29, 0.717) is 6.29 Å². The highest BCUT2D eigenvalue weighted by molar-refractivity contribution is 5.87. The monoisotopic (exact) mass is 292 g/mol. The van der Waals surface area contributed by atoms with Gasteiger partial charge in [-0.1, -0.05) is 0 Å². The van der Waals surface area contributed by atoms with Crippen molar-refractivity contribution >= 4 is 12.3 Å². The second kappa shape index (κ2) is 6.13. The van der Waals surface area contributed by atoms with Crippen LogP contribution in [-0.2, 0) is 6.61 Å². The number of aromatic carboxylic acids is 1. The zero-order valence-electron chi connectivity index (χ0n) is 10.7. The predicted octanol–water partition coefficient (Wildman–Crippen LogP) is 3.05. The number of carboxylic acid groups (broad SMARTS) is 1. The van der Waals surface area contributed by atoms with E-state index in [1.54, 1.807) is 0 Å². The van der Waals surface area contributed by atoms with Gasteiger partial charge in [-0.25, -0.2) is 13.6 Å². The molecular formula is C15H10F2O4. The van der Waals surface area contributed by atoms with Crippen LogP contribution in [0.1, 0.15) is 26.3 Å². The van der Waals surface area contributed by atoms with Gasteiger partial charge in [0.1, 0.15) is 18.7 Å². The topological polar surface area (TPSA) is 63.6 Å². The molecule has 0 bridgehead atoms. The fraction of sp³-hybridized carbons (Fsp3) is 0.0667. The maximum absolute atomic E-state index is 13.6. The highest BCUT2D eigenvalue weighted by Gasteiger charge is 2.10. The van der Waals surface area contributed by atoms with Crippen molar-refractivity contribution in [2.45, 2.75) is 6.61 Å². The van der Waals surface area contributed by atoms with Crippen LogP contribution in [0.4, 0.5) is 8.78 Å². The summed E-state index contributed by atoms with van der Waals surface area (Å²) in [5, 5.41) is 8.83. The van der Waals surface area contributed by atoms with Gasteiger partial charge in [0.15, 0.2) is 11.6 Å². The molecular weight excluding hydrogens is 282 g/mol. The molecule has 0 radical (unpaired) electrons. The van der Waals surface area contributed by atoms with Crippen LogP contribution in [0.2, 0.25) is 0 Å². The fourth-order valence-corrected chi connectivity index (χ4v) is 1.68. The van der Waals surface area contributed by atoms with Crippen LogP contribution < -0.4 is 4.74 Å². The summed E-state index contributed by atoms with van der Waals surface area (Å²) >= 11 is 0. The first kappa shape index (κ1) is 14.6. The molecule has 0 saturated carbocycles. The van der Waals surface area contributed by atoms with Crippen molar-refractivity contribution in [2.75, 3.05) is 0 Å². The van der Waals surface area contributed by atoms with E-state index in [0.717, 1.165) is 24.3 Å². The smallest absolute Gasteiger partial charge is 0.335 e. The number of benzene rings is 2. The molecule has 0 aliphatic heterocycles. The van der Waals surface area contributed by atoms with Crippen LogP contribution >= 0.6 is 0 Å². The van der Waals surface area contributed by atoms with Crippen LogP contribution in [0.3, 0.4) is 0 Å². The van der Waals surface area contributed by atoms with Gasteiger partial charge < -0.3 is 9.84 Å². The quantitative estimate of drug-likeness (QED) is 0.860. The van der Waals surface area contributed by atoms with E-state index < -0.39 is 17.6 Å². The van der Waals surface area contributed by atoms with E-state index in [4.69, 9.17) is 9.84 Å². The van der Waals surface area contributed by atoms with Gasteiger partial charge in [0, 0.05) is 11.1 Å². The third kappa shape index (κ3) is 3.42. The average molecular weight is 292 g/mol. The number of halogens is 2.